The van der Waals surface area contributed by atoms with Crippen LogP contribution in [0.3, 0.4) is 0 Å². The molecule has 0 aliphatic carbocycles. The third-order valence-electron chi connectivity index (χ3n) is 5.31. The molecule has 0 spiro atoms. The molecule has 1 aromatic heterocycles. The molecule has 1 aliphatic heterocycles. The third kappa shape index (κ3) is 3.14. The molecule has 1 aliphatic rings. The Morgan fingerprint density at radius 1 is 1.21 bits per heavy atom. The number of benzene rings is 2. The van der Waals surface area contributed by atoms with Gasteiger partial charge in [-0.25, -0.2) is 14.8 Å². The van der Waals surface area contributed by atoms with Gasteiger partial charge in [0.1, 0.15) is 5.75 Å². The molecule has 0 saturated carbocycles. The van der Waals surface area contributed by atoms with Crippen LogP contribution in [-0.2, 0) is 0 Å². The van der Waals surface area contributed by atoms with E-state index in [1.54, 1.807) is 25.2 Å². The summed E-state index contributed by atoms with van der Waals surface area (Å²) in [5.74, 6) is 0.538. The molecule has 3 aromatic rings. The summed E-state index contributed by atoms with van der Waals surface area (Å²) in [6, 6.07) is 12.4. The molecule has 1 unspecified atom stereocenters. The van der Waals surface area contributed by atoms with Gasteiger partial charge in [-0.05, 0) is 43.7 Å². The highest BCUT2D eigenvalue weighted by atomic mass is 16.4. The molecule has 0 radical (unpaired) electrons. The van der Waals surface area contributed by atoms with Crippen molar-refractivity contribution < 1.29 is 15.0 Å². The van der Waals surface area contributed by atoms with Gasteiger partial charge in [0, 0.05) is 12.4 Å². The molecule has 0 bridgehead atoms. The average Bonchev–Trinajstić information content (AvgIpc) is 3.16. The van der Waals surface area contributed by atoms with Crippen molar-refractivity contribution in [3.63, 3.8) is 0 Å². The van der Waals surface area contributed by atoms with Crippen molar-refractivity contribution in [2.75, 3.05) is 13.6 Å². The van der Waals surface area contributed by atoms with Crippen LogP contribution in [0.25, 0.3) is 22.3 Å². The van der Waals surface area contributed by atoms with Crippen molar-refractivity contribution in [1.82, 2.24) is 20.2 Å². The maximum atomic E-state index is 11.5. The molecule has 4 rings (SSSR count). The zero-order valence-electron chi connectivity index (χ0n) is 15.8. The maximum absolute atomic E-state index is 11.5. The summed E-state index contributed by atoms with van der Waals surface area (Å²) in [6.45, 7) is 2.70. The molecular formula is C21H22N4O3. The van der Waals surface area contributed by atoms with Gasteiger partial charge in [0.25, 0.3) is 0 Å². The van der Waals surface area contributed by atoms with Crippen LogP contribution in [0.5, 0.6) is 5.75 Å². The highest BCUT2D eigenvalue weighted by Gasteiger charge is 2.36. The van der Waals surface area contributed by atoms with Crippen LogP contribution >= 0.6 is 0 Å². The summed E-state index contributed by atoms with van der Waals surface area (Å²) in [5.41, 5.74) is 3.14. The van der Waals surface area contributed by atoms with Crippen LogP contribution in [-0.4, -0.2) is 50.8 Å². The van der Waals surface area contributed by atoms with Gasteiger partial charge in [-0.3, -0.25) is 0 Å². The zero-order valence-corrected chi connectivity index (χ0v) is 15.8. The van der Waals surface area contributed by atoms with Crippen molar-refractivity contribution in [1.29, 1.82) is 0 Å². The second-order valence-electron chi connectivity index (χ2n) is 7.15. The fourth-order valence-electron chi connectivity index (χ4n) is 3.81. The number of hydrogen-bond acceptors (Lipinski definition) is 5. The number of aromatic hydroxyl groups is 1. The minimum Gasteiger partial charge on any atom is -0.507 e. The summed E-state index contributed by atoms with van der Waals surface area (Å²) in [6.07, 6.45) is -0.259. The van der Waals surface area contributed by atoms with E-state index in [1.165, 1.54) is 4.90 Å². The summed E-state index contributed by atoms with van der Waals surface area (Å²) in [5, 5.41) is 24.0. The number of carboxylic acid groups (broad SMARTS) is 1. The monoisotopic (exact) mass is 378 g/mol. The highest BCUT2D eigenvalue weighted by molar-refractivity contribution is 5.84. The number of carbonyl (C=O) groups is 1. The Morgan fingerprint density at radius 2 is 2.00 bits per heavy atom. The molecular weight excluding hydrogens is 356 g/mol. The van der Waals surface area contributed by atoms with E-state index in [2.05, 4.69) is 10.3 Å². The predicted octanol–water partition coefficient (Wildman–Crippen LogP) is 3.32. The van der Waals surface area contributed by atoms with E-state index >= 15 is 0 Å². The fourth-order valence-corrected chi connectivity index (χ4v) is 3.81. The second kappa shape index (κ2) is 7.09. The topological polar surface area (TPSA) is 98.6 Å². The number of phenols is 1. The Hall–Kier alpha value is -3.19. The van der Waals surface area contributed by atoms with E-state index < -0.39 is 6.09 Å². The molecule has 28 heavy (non-hydrogen) atoms. The summed E-state index contributed by atoms with van der Waals surface area (Å²) >= 11 is 0. The number of nitrogens with one attached hydrogen (secondary N) is 1. The first-order chi connectivity index (χ1) is 13.5. The number of nitrogens with zero attached hydrogens (tertiary/aromatic N) is 3. The number of fused-ring (bicyclic) bond motifs is 1. The quantitative estimate of drug-likeness (QED) is 0.647. The van der Waals surface area contributed by atoms with E-state index in [9.17, 15) is 15.0 Å². The molecule has 1 saturated heterocycles. The standard InChI is InChI=1S/C21H22N4O3/c1-12-7-8-13-15(11-12)23-20(14-5-3-4-6-17(14)26)24-18(13)19-16(9-10-22-19)25(2)21(27)28/h3-8,11,16,19,22,26H,9-10H2,1-2H3,(H,27,28)/t16?,19-/m0/s1. The molecule has 7 nitrogen and oxygen atoms in total. The number of para-hydroxylation sites is 1. The molecule has 2 atom stereocenters. The van der Waals surface area contributed by atoms with Crippen molar-refractivity contribution in [3.8, 4) is 17.1 Å². The van der Waals surface area contributed by atoms with E-state index in [-0.39, 0.29) is 17.8 Å². The lowest BCUT2D eigenvalue weighted by atomic mass is 10.00. The van der Waals surface area contributed by atoms with Crippen LogP contribution < -0.4 is 5.32 Å². The number of likely N-dealkylation sites (N-methyl/N-ethyl adjacent to an activating group) is 1. The SMILES string of the molecule is Cc1ccc2c([C@H]3NCCC3N(C)C(=O)O)nc(-c3ccccc3O)nc2c1. The van der Waals surface area contributed by atoms with Gasteiger partial charge >= 0.3 is 6.09 Å². The van der Waals surface area contributed by atoms with Gasteiger partial charge in [0.2, 0.25) is 0 Å². The first kappa shape index (κ1) is 18.2. The zero-order chi connectivity index (χ0) is 19.8. The van der Waals surface area contributed by atoms with Crippen molar-refractivity contribution >= 4 is 17.0 Å². The van der Waals surface area contributed by atoms with Gasteiger partial charge in [-0.2, -0.15) is 0 Å². The number of aromatic nitrogens is 2. The first-order valence-electron chi connectivity index (χ1n) is 9.21. The lowest BCUT2D eigenvalue weighted by Gasteiger charge is -2.27. The Labute approximate surface area is 162 Å². The fraction of sp³-hybridized carbons (Fsp3) is 0.286. The van der Waals surface area contributed by atoms with E-state index in [4.69, 9.17) is 4.98 Å². The van der Waals surface area contributed by atoms with Crippen LogP contribution in [0.1, 0.15) is 23.7 Å². The van der Waals surface area contributed by atoms with Crippen molar-refractivity contribution in [2.24, 2.45) is 0 Å². The molecule has 1 amide bonds. The highest BCUT2D eigenvalue weighted by Crippen LogP contribution is 2.34. The summed E-state index contributed by atoms with van der Waals surface area (Å²) in [4.78, 5) is 22.3. The normalized spacial score (nSPS) is 19.1. The summed E-state index contributed by atoms with van der Waals surface area (Å²) < 4.78 is 0. The Kier molecular flexibility index (Phi) is 4.60. The van der Waals surface area contributed by atoms with Crippen molar-refractivity contribution in [2.45, 2.75) is 25.4 Å². The number of amides is 1. The molecule has 1 fully saturated rings. The van der Waals surface area contributed by atoms with Crippen molar-refractivity contribution in [3.05, 3.63) is 53.7 Å². The number of phenolic OH excluding ortho intramolecular Hbond substituents is 1. The first-order valence-corrected chi connectivity index (χ1v) is 9.21. The summed E-state index contributed by atoms with van der Waals surface area (Å²) in [7, 11) is 1.59. The Bertz CT molecular complexity index is 1050. The number of aryl methyl sites for hydroxylation is 1. The van der Waals surface area contributed by atoms with Gasteiger partial charge in [-0.15, -0.1) is 0 Å². The van der Waals surface area contributed by atoms with Gasteiger partial charge < -0.3 is 20.4 Å². The molecule has 144 valence electrons. The van der Waals surface area contributed by atoms with Crippen LogP contribution in [0.2, 0.25) is 0 Å². The average molecular weight is 378 g/mol. The predicted molar refractivity (Wildman–Crippen MR) is 106 cm³/mol. The van der Waals surface area contributed by atoms with Crippen LogP contribution in [0.4, 0.5) is 4.79 Å². The minimum absolute atomic E-state index is 0.110. The van der Waals surface area contributed by atoms with E-state index in [0.717, 1.165) is 22.2 Å². The lowest BCUT2D eigenvalue weighted by molar-refractivity contribution is 0.134. The van der Waals surface area contributed by atoms with Crippen LogP contribution in [0.15, 0.2) is 42.5 Å². The Morgan fingerprint density at radius 3 is 2.75 bits per heavy atom. The second-order valence-corrected chi connectivity index (χ2v) is 7.15. The molecule has 3 N–H and O–H groups in total. The van der Waals surface area contributed by atoms with Gasteiger partial charge in [0.05, 0.1) is 28.9 Å². The smallest absolute Gasteiger partial charge is 0.407 e. The lowest BCUT2D eigenvalue weighted by Crippen LogP contribution is -2.39. The third-order valence-corrected chi connectivity index (χ3v) is 5.31. The van der Waals surface area contributed by atoms with Gasteiger partial charge in [-0.1, -0.05) is 24.3 Å². The number of rotatable bonds is 3. The molecule has 2 aromatic carbocycles. The Balaban J connectivity index is 1.92. The maximum Gasteiger partial charge on any atom is 0.407 e. The van der Waals surface area contributed by atoms with Crippen LogP contribution in [0, 0.1) is 6.92 Å². The van der Waals surface area contributed by atoms with E-state index in [0.29, 0.717) is 24.4 Å². The molecule has 2 heterocycles. The number of hydrogen-bond donors (Lipinski definition) is 3. The minimum atomic E-state index is -0.964. The van der Waals surface area contributed by atoms with E-state index in [1.807, 2.05) is 31.2 Å². The van der Waals surface area contributed by atoms with Gasteiger partial charge in [0.15, 0.2) is 5.82 Å². The molecule has 7 heteroatoms. The largest absolute Gasteiger partial charge is 0.507 e.